The van der Waals surface area contributed by atoms with Gasteiger partial charge in [0.15, 0.2) is 5.78 Å². The van der Waals surface area contributed by atoms with Crippen molar-refractivity contribution in [1.82, 2.24) is 0 Å². The minimum atomic E-state index is 0.130. The molecule has 0 spiro atoms. The summed E-state index contributed by atoms with van der Waals surface area (Å²) in [5.74, 6) is 0.130. The number of benzene rings is 1. The first kappa shape index (κ1) is 11.2. The summed E-state index contributed by atoms with van der Waals surface area (Å²) in [6, 6.07) is 5.45. The van der Waals surface area contributed by atoms with Gasteiger partial charge < -0.3 is 5.73 Å². The molecule has 0 bridgehead atoms. The molecule has 0 amide bonds. The molecule has 1 aromatic carbocycles. The zero-order valence-electron chi connectivity index (χ0n) is 8.22. The van der Waals surface area contributed by atoms with E-state index >= 15 is 0 Å². The van der Waals surface area contributed by atoms with Crippen molar-refractivity contribution in [2.75, 3.05) is 5.73 Å². The molecule has 3 heteroatoms. The molecule has 0 atom stereocenters. The second-order valence-corrected chi connectivity index (χ2v) is 4.08. The second-order valence-electron chi connectivity index (χ2n) is 3.23. The lowest BCUT2D eigenvalue weighted by molar-refractivity contribution is 0.0980. The quantitative estimate of drug-likeness (QED) is 0.662. The van der Waals surface area contributed by atoms with Gasteiger partial charge in [0.05, 0.1) is 5.69 Å². The highest BCUT2D eigenvalue weighted by atomic mass is 79.9. The predicted molar refractivity (Wildman–Crippen MR) is 62.4 cm³/mol. The maximum atomic E-state index is 11.7. The van der Waals surface area contributed by atoms with E-state index in [9.17, 15) is 4.79 Å². The van der Waals surface area contributed by atoms with Crippen molar-refractivity contribution >= 4 is 27.4 Å². The molecule has 14 heavy (non-hydrogen) atoms. The second kappa shape index (κ2) is 5.15. The lowest BCUT2D eigenvalue weighted by Crippen LogP contribution is -2.03. The third-order valence-corrected chi connectivity index (χ3v) is 2.80. The fourth-order valence-electron chi connectivity index (χ4n) is 1.25. The average Bonchev–Trinajstić information content (AvgIpc) is 2.18. The van der Waals surface area contributed by atoms with E-state index in [1.165, 1.54) is 0 Å². The standard InChI is InChI=1S/C11H14BrNO/c1-2-3-7-10(14)8-5-4-6-9(12)11(8)13/h4-6H,2-3,7,13H2,1H3. The van der Waals surface area contributed by atoms with E-state index in [2.05, 4.69) is 22.9 Å². The van der Waals surface area contributed by atoms with Crippen LogP contribution in [0.4, 0.5) is 5.69 Å². The molecule has 2 nitrogen and oxygen atoms in total. The number of nitrogens with two attached hydrogens (primary N) is 1. The van der Waals surface area contributed by atoms with Gasteiger partial charge in [0, 0.05) is 16.5 Å². The van der Waals surface area contributed by atoms with Crippen molar-refractivity contribution in [3.8, 4) is 0 Å². The molecule has 0 aliphatic heterocycles. The van der Waals surface area contributed by atoms with Crippen LogP contribution in [0.25, 0.3) is 0 Å². The van der Waals surface area contributed by atoms with E-state index in [0.717, 1.165) is 17.3 Å². The number of carbonyl (C=O) groups is 1. The normalized spacial score (nSPS) is 10.1. The maximum absolute atomic E-state index is 11.7. The lowest BCUT2D eigenvalue weighted by Gasteiger charge is -2.05. The molecule has 0 saturated heterocycles. The fourth-order valence-corrected chi connectivity index (χ4v) is 1.62. The Morgan fingerprint density at radius 2 is 2.21 bits per heavy atom. The van der Waals surface area contributed by atoms with Gasteiger partial charge in [-0.15, -0.1) is 0 Å². The van der Waals surface area contributed by atoms with E-state index in [1.807, 2.05) is 12.1 Å². The highest BCUT2D eigenvalue weighted by molar-refractivity contribution is 9.10. The Kier molecular flexibility index (Phi) is 4.14. The SMILES string of the molecule is CCCCC(=O)c1cccc(Br)c1N. The van der Waals surface area contributed by atoms with Gasteiger partial charge in [0.1, 0.15) is 0 Å². The summed E-state index contributed by atoms with van der Waals surface area (Å²) in [5, 5.41) is 0. The van der Waals surface area contributed by atoms with Crippen LogP contribution in [-0.2, 0) is 0 Å². The van der Waals surface area contributed by atoms with Crippen LogP contribution < -0.4 is 5.73 Å². The molecule has 0 aromatic heterocycles. The number of anilines is 1. The molecule has 1 rings (SSSR count). The summed E-state index contributed by atoms with van der Waals surface area (Å²) in [4.78, 5) is 11.7. The van der Waals surface area contributed by atoms with Gasteiger partial charge >= 0.3 is 0 Å². The summed E-state index contributed by atoms with van der Waals surface area (Å²) in [6.07, 6.45) is 2.53. The van der Waals surface area contributed by atoms with Crippen molar-refractivity contribution < 1.29 is 4.79 Å². The molecule has 1 aromatic rings. The zero-order chi connectivity index (χ0) is 10.6. The predicted octanol–water partition coefficient (Wildman–Crippen LogP) is 3.40. The molecule has 0 unspecified atom stereocenters. The Morgan fingerprint density at radius 3 is 2.86 bits per heavy atom. The minimum Gasteiger partial charge on any atom is -0.397 e. The largest absolute Gasteiger partial charge is 0.397 e. The first-order valence-electron chi connectivity index (χ1n) is 4.74. The van der Waals surface area contributed by atoms with Crippen molar-refractivity contribution in [3.05, 3.63) is 28.2 Å². The van der Waals surface area contributed by atoms with Crippen LogP contribution in [0.2, 0.25) is 0 Å². The van der Waals surface area contributed by atoms with E-state index in [-0.39, 0.29) is 5.78 Å². The third-order valence-electron chi connectivity index (χ3n) is 2.11. The number of ketones is 1. The lowest BCUT2D eigenvalue weighted by atomic mass is 10.0. The number of hydrogen-bond donors (Lipinski definition) is 1. The maximum Gasteiger partial charge on any atom is 0.164 e. The Morgan fingerprint density at radius 1 is 1.50 bits per heavy atom. The molecular weight excluding hydrogens is 242 g/mol. The Bertz CT molecular complexity index is 336. The summed E-state index contributed by atoms with van der Waals surface area (Å²) in [6.45, 7) is 2.07. The van der Waals surface area contributed by atoms with Crippen molar-refractivity contribution in [2.24, 2.45) is 0 Å². The molecular formula is C11H14BrNO. The van der Waals surface area contributed by atoms with Gasteiger partial charge in [0.25, 0.3) is 0 Å². The van der Waals surface area contributed by atoms with Crippen LogP contribution in [0.3, 0.4) is 0 Å². The van der Waals surface area contributed by atoms with Crippen molar-refractivity contribution in [3.63, 3.8) is 0 Å². The highest BCUT2D eigenvalue weighted by Crippen LogP contribution is 2.24. The average molecular weight is 256 g/mol. The summed E-state index contributed by atoms with van der Waals surface area (Å²) < 4.78 is 0.792. The first-order valence-corrected chi connectivity index (χ1v) is 5.53. The van der Waals surface area contributed by atoms with Gasteiger partial charge in [-0.1, -0.05) is 19.4 Å². The Balaban J connectivity index is 2.84. The van der Waals surface area contributed by atoms with Crippen molar-refractivity contribution in [1.29, 1.82) is 0 Å². The molecule has 0 heterocycles. The number of para-hydroxylation sites is 1. The van der Waals surface area contributed by atoms with Gasteiger partial charge in [0.2, 0.25) is 0 Å². The van der Waals surface area contributed by atoms with Crippen LogP contribution >= 0.6 is 15.9 Å². The zero-order valence-corrected chi connectivity index (χ0v) is 9.80. The minimum absolute atomic E-state index is 0.130. The topological polar surface area (TPSA) is 43.1 Å². The highest BCUT2D eigenvalue weighted by Gasteiger charge is 2.10. The number of rotatable bonds is 4. The molecule has 0 aliphatic carbocycles. The molecule has 2 N–H and O–H groups in total. The Hall–Kier alpha value is -0.830. The number of halogens is 1. The molecule has 0 fully saturated rings. The monoisotopic (exact) mass is 255 g/mol. The van der Waals surface area contributed by atoms with Crippen LogP contribution in [0.5, 0.6) is 0 Å². The van der Waals surface area contributed by atoms with Crippen LogP contribution in [0.1, 0.15) is 36.5 Å². The number of carbonyl (C=O) groups excluding carboxylic acids is 1. The van der Waals surface area contributed by atoms with Crippen molar-refractivity contribution in [2.45, 2.75) is 26.2 Å². The number of hydrogen-bond acceptors (Lipinski definition) is 2. The van der Waals surface area contributed by atoms with E-state index in [4.69, 9.17) is 5.73 Å². The molecule has 76 valence electrons. The van der Waals surface area contributed by atoms with Gasteiger partial charge in [-0.3, -0.25) is 4.79 Å². The van der Waals surface area contributed by atoms with Crippen LogP contribution in [0.15, 0.2) is 22.7 Å². The molecule has 0 saturated carbocycles. The fraction of sp³-hybridized carbons (Fsp3) is 0.364. The van der Waals surface area contributed by atoms with Gasteiger partial charge in [-0.25, -0.2) is 0 Å². The van der Waals surface area contributed by atoms with E-state index < -0.39 is 0 Å². The van der Waals surface area contributed by atoms with Crippen LogP contribution in [-0.4, -0.2) is 5.78 Å². The van der Waals surface area contributed by atoms with Gasteiger partial charge in [-0.05, 0) is 34.5 Å². The summed E-state index contributed by atoms with van der Waals surface area (Å²) in [7, 11) is 0. The number of Topliss-reactive ketones (excluding diaryl/α,β-unsaturated/α-hetero) is 1. The van der Waals surface area contributed by atoms with E-state index in [0.29, 0.717) is 17.7 Å². The van der Waals surface area contributed by atoms with Crippen LogP contribution in [0, 0.1) is 0 Å². The Labute approximate surface area is 92.6 Å². The summed E-state index contributed by atoms with van der Waals surface area (Å²) in [5.41, 5.74) is 6.97. The van der Waals surface area contributed by atoms with E-state index in [1.54, 1.807) is 6.07 Å². The smallest absolute Gasteiger partial charge is 0.164 e. The summed E-state index contributed by atoms with van der Waals surface area (Å²) >= 11 is 3.31. The third kappa shape index (κ3) is 2.58. The first-order chi connectivity index (χ1) is 6.66. The molecule has 0 aliphatic rings. The van der Waals surface area contributed by atoms with Gasteiger partial charge in [-0.2, -0.15) is 0 Å². The molecule has 0 radical (unpaired) electrons. The number of unbranched alkanes of at least 4 members (excludes halogenated alkanes) is 1. The number of nitrogen functional groups attached to an aromatic ring is 1.